The van der Waals surface area contributed by atoms with E-state index in [0.29, 0.717) is 24.5 Å². The molecule has 16 heavy (non-hydrogen) atoms. The fraction of sp³-hybridized carbons (Fsp3) is 0.818. The first-order valence-corrected chi connectivity index (χ1v) is 6.03. The number of hydrogen-bond acceptors (Lipinski definition) is 5. The van der Waals surface area contributed by atoms with E-state index in [0.717, 1.165) is 31.6 Å². The molecule has 2 aliphatic carbocycles. The molecular weight excluding hydrogens is 206 g/mol. The van der Waals surface area contributed by atoms with Gasteiger partial charge < -0.3 is 15.0 Å². The Morgan fingerprint density at radius 3 is 2.81 bits per heavy atom. The summed E-state index contributed by atoms with van der Waals surface area (Å²) in [6, 6.07) is -0.253. The van der Waals surface area contributed by atoms with Gasteiger partial charge in [0.15, 0.2) is 5.82 Å². The van der Waals surface area contributed by atoms with Crippen LogP contribution in [0, 0.1) is 0 Å². The van der Waals surface area contributed by atoms with Crippen molar-refractivity contribution < 1.29 is 9.26 Å². The van der Waals surface area contributed by atoms with Crippen molar-refractivity contribution >= 4 is 0 Å². The van der Waals surface area contributed by atoms with E-state index >= 15 is 0 Å². The molecule has 0 bridgehead atoms. The van der Waals surface area contributed by atoms with Crippen LogP contribution in [0.2, 0.25) is 0 Å². The summed E-state index contributed by atoms with van der Waals surface area (Å²) < 4.78 is 10.8. The summed E-state index contributed by atoms with van der Waals surface area (Å²) in [5, 5.41) is 3.91. The fourth-order valence-corrected chi connectivity index (χ4v) is 1.75. The smallest absolute Gasteiger partial charge is 0.229 e. The van der Waals surface area contributed by atoms with Crippen LogP contribution in [0.4, 0.5) is 0 Å². The lowest BCUT2D eigenvalue weighted by Crippen LogP contribution is -2.27. The van der Waals surface area contributed by atoms with Crippen LogP contribution in [0.1, 0.15) is 55.8 Å². The molecule has 5 heteroatoms. The molecule has 0 amide bonds. The molecule has 0 aromatic carbocycles. The number of nitrogens with zero attached hydrogens (tertiary/aromatic N) is 2. The average Bonchev–Trinajstić information content (AvgIpc) is 2.94. The molecule has 2 saturated carbocycles. The summed E-state index contributed by atoms with van der Waals surface area (Å²) in [5.74, 6) is 1.82. The van der Waals surface area contributed by atoms with Crippen molar-refractivity contribution in [2.75, 3.05) is 6.61 Å². The Morgan fingerprint density at radius 2 is 2.19 bits per heavy atom. The molecule has 2 N–H and O–H groups in total. The van der Waals surface area contributed by atoms with Gasteiger partial charge in [-0.05, 0) is 32.1 Å². The minimum absolute atomic E-state index is 0.253. The Balaban J connectivity index is 1.53. The van der Waals surface area contributed by atoms with Crippen LogP contribution in [-0.2, 0) is 4.74 Å². The average molecular weight is 223 g/mol. The van der Waals surface area contributed by atoms with Gasteiger partial charge in [-0.2, -0.15) is 4.98 Å². The summed E-state index contributed by atoms with van der Waals surface area (Å²) in [5.41, 5.74) is 5.95. The Hall–Kier alpha value is -0.940. The van der Waals surface area contributed by atoms with Crippen LogP contribution >= 0.6 is 0 Å². The van der Waals surface area contributed by atoms with Crippen molar-refractivity contribution in [3.05, 3.63) is 11.7 Å². The van der Waals surface area contributed by atoms with Crippen molar-refractivity contribution in [3.63, 3.8) is 0 Å². The summed E-state index contributed by atoms with van der Waals surface area (Å²) in [4.78, 5) is 4.31. The lowest BCUT2D eigenvalue weighted by atomic mass is 9.96. The molecule has 0 saturated heterocycles. The second-order valence-electron chi connectivity index (χ2n) is 4.76. The molecule has 1 aromatic rings. The zero-order valence-corrected chi connectivity index (χ0v) is 9.26. The quantitative estimate of drug-likeness (QED) is 0.819. The number of aromatic nitrogens is 2. The van der Waals surface area contributed by atoms with Crippen molar-refractivity contribution in [1.82, 2.24) is 10.1 Å². The molecule has 3 rings (SSSR count). The summed E-state index contributed by atoms with van der Waals surface area (Å²) in [7, 11) is 0. The zero-order chi connectivity index (χ0) is 11.0. The SMILES string of the molecule is NC(COC1CCC1)c1noc(C2CC2)n1. The van der Waals surface area contributed by atoms with Crippen LogP contribution in [0.3, 0.4) is 0 Å². The highest BCUT2D eigenvalue weighted by molar-refractivity contribution is 5.03. The summed E-state index contributed by atoms with van der Waals surface area (Å²) in [6.45, 7) is 0.494. The third-order valence-corrected chi connectivity index (χ3v) is 3.28. The minimum Gasteiger partial charge on any atom is -0.376 e. The third-order valence-electron chi connectivity index (χ3n) is 3.28. The first-order valence-electron chi connectivity index (χ1n) is 6.03. The molecular formula is C11H17N3O2. The van der Waals surface area contributed by atoms with Gasteiger partial charge in [0.05, 0.1) is 18.8 Å². The van der Waals surface area contributed by atoms with Crippen molar-refractivity contribution in [3.8, 4) is 0 Å². The monoisotopic (exact) mass is 223 g/mol. The minimum atomic E-state index is -0.253. The van der Waals surface area contributed by atoms with Crippen LogP contribution in [0.15, 0.2) is 4.52 Å². The molecule has 1 heterocycles. The van der Waals surface area contributed by atoms with Crippen LogP contribution in [0.25, 0.3) is 0 Å². The van der Waals surface area contributed by atoms with E-state index in [2.05, 4.69) is 10.1 Å². The third kappa shape index (κ3) is 2.10. The Labute approximate surface area is 94.3 Å². The van der Waals surface area contributed by atoms with Crippen LogP contribution < -0.4 is 5.73 Å². The second kappa shape index (κ2) is 4.14. The lowest BCUT2D eigenvalue weighted by Gasteiger charge is -2.26. The molecule has 2 aliphatic rings. The number of ether oxygens (including phenoxy) is 1. The summed E-state index contributed by atoms with van der Waals surface area (Å²) in [6.07, 6.45) is 6.32. The van der Waals surface area contributed by atoms with Gasteiger partial charge >= 0.3 is 0 Å². The standard InChI is InChI=1S/C11H17N3O2/c12-9(6-15-8-2-1-3-8)10-13-11(16-14-10)7-4-5-7/h7-9H,1-6,12H2. The highest BCUT2D eigenvalue weighted by atomic mass is 16.5. The van der Waals surface area contributed by atoms with Gasteiger partial charge in [-0.1, -0.05) is 5.16 Å². The maximum Gasteiger partial charge on any atom is 0.229 e. The van der Waals surface area contributed by atoms with Crippen molar-refractivity contribution in [1.29, 1.82) is 0 Å². The molecule has 0 spiro atoms. The van der Waals surface area contributed by atoms with Gasteiger partial charge in [-0.15, -0.1) is 0 Å². The Kier molecular flexibility index (Phi) is 2.65. The molecule has 1 atom stereocenters. The van der Waals surface area contributed by atoms with Gasteiger partial charge in [0.1, 0.15) is 0 Å². The number of nitrogens with two attached hydrogens (primary N) is 1. The normalized spacial score (nSPS) is 23.1. The zero-order valence-electron chi connectivity index (χ0n) is 9.26. The van der Waals surface area contributed by atoms with Crippen molar-refractivity contribution in [2.24, 2.45) is 5.73 Å². The van der Waals surface area contributed by atoms with E-state index < -0.39 is 0 Å². The first-order chi connectivity index (χ1) is 7.83. The van der Waals surface area contributed by atoms with E-state index in [-0.39, 0.29) is 6.04 Å². The van der Waals surface area contributed by atoms with Gasteiger partial charge in [0, 0.05) is 5.92 Å². The maximum atomic E-state index is 5.95. The molecule has 5 nitrogen and oxygen atoms in total. The predicted molar refractivity (Wildman–Crippen MR) is 56.8 cm³/mol. The van der Waals surface area contributed by atoms with E-state index in [1.165, 1.54) is 6.42 Å². The molecule has 0 aliphatic heterocycles. The van der Waals surface area contributed by atoms with E-state index in [9.17, 15) is 0 Å². The molecule has 0 radical (unpaired) electrons. The first kappa shape index (κ1) is 10.2. The number of hydrogen-bond donors (Lipinski definition) is 1. The number of rotatable bonds is 5. The maximum absolute atomic E-state index is 5.95. The van der Waals surface area contributed by atoms with Gasteiger partial charge in [-0.25, -0.2) is 0 Å². The Bertz CT molecular complexity index is 358. The second-order valence-corrected chi connectivity index (χ2v) is 4.76. The van der Waals surface area contributed by atoms with Crippen molar-refractivity contribution in [2.45, 2.75) is 50.2 Å². The lowest BCUT2D eigenvalue weighted by molar-refractivity contribution is -0.00549. The van der Waals surface area contributed by atoms with Gasteiger partial charge in [0.25, 0.3) is 0 Å². The largest absolute Gasteiger partial charge is 0.376 e. The van der Waals surface area contributed by atoms with Gasteiger partial charge in [-0.3, -0.25) is 0 Å². The molecule has 88 valence electrons. The fourth-order valence-electron chi connectivity index (χ4n) is 1.75. The Morgan fingerprint density at radius 1 is 1.38 bits per heavy atom. The molecule has 2 fully saturated rings. The van der Waals surface area contributed by atoms with Crippen LogP contribution in [0.5, 0.6) is 0 Å². The predicted octanol–water partition coefficient (Wildman–Crippen LogP) is 1.52. The van der Waals surface area contributed by atoms with Crippen LogP contribution in [-0.4, -0.2) is 22.9 Å². The van der Waals surface area contributed by atoms with E-state index in [1.807, 2.05) is 0 Å². The molecule has 1 aromatic heterocycles. The summed E-state index contributed by atoms with van der Waals surface area (Å²) >= 11 is 0. The highest BCUT2D eigenvalue weighted by Gasteiger charge is 2.30. The van der Waals surface area contributed by atoms with E-state index in [4.69, 9.17) is 15.0 Å². The topological polar surface area (TPSA) is 74.2 Å². The van der Waals surface area contributed by atoms with E-state index in [1.54, 1.807) is 0 Å². The molecule has 1 unspecified atom stereocenters. The van der Waals surface area contributed by atoms with Gasteiger partial charge in [0.2, 0.25) is 5.89 Å². The highest BCUT2D eigenvalue weighted by Crippen LogP contribution is 2.39.